The van der Waals surface area contributed by atoms with Gasteiger partial charge in [0.25, 0.3) is 5.91 Å². The zero-order valence-electron chi connectivity index (χ0n) is 13.4. The van der Waals surface area contributed by atoms with E-state index in [0.717, 1.165) is 22.4 Å². The molecule has 2 aromatic carbocycles. The van der Waals surface area contributed by atoms with Gasteiger partial charge in [0.15, 0.2) is 0 Å². The Morgan fingerprint density at radius 2 is 2.12 bits per heavy atom. The first-order chi connectivity index (χ1) is 11.7. The molecule has 1 aliphatic heterocycles. The van der Waals surface area contributed by atoms with Gasteiger partial charge in [-0.3, -0.25) is 4.79 Å². The Morgan fingerprint density at radius 1 is 1.29 bits per heavy atom. The van der Waals surface area contributed by atoms with Crippen LogP contribution in [0.4, 0.5) is 0 Å². The number of carbonyl (C=O) groups is 1. The fourth-order valence-corrected chi connectivity index (χ4v) is 3.60. The highest BCUT2D eigenvalue weighted by Crippen LogP contribution is 2.25. The van der Waals surface area contributed by atoms with Crippen molar-refractivity contribution in [3.8, 4) is 5.75 Å². The minimum absolute atomic E-state index is 0.0496. The summed E-state index contributed by atoms with van der Waals surface area (Å²) in [6.45, 7) is 3.38. The van der Waals surface area contributed by atoms with Crippen LogP contribution < -0.4 is 4.74 Å². The fraction of sp³-hybridized carbons (Fsp3) is 0.263. The molecule has 122 valence electrons. The quantitative estimate of drug-likeness (QED) is 0.727. The van der Waals surface area contributed by atoms with Gasteiger partial charge in [0, 0.05) is 5.56 Å². The molecule has 0 radical (unpaired) electrons. The predicted molar refractivity (Wildman–Crippen MR) is 95.8 cm³/mol. The summed E-state index contributed by atoms with van der Waals surface area (Å²) in [6, 6.07) is 13.8. The van der Waals surface area contributed by atoms with E-state index in [9.17, 15) is 4.79 Å². The van der Waals surface area contributed by atoms with Crippen molar-refractivity contribution < 1.29 is 9.53 Å². The Bertz CT molecular complexity index is 884. The van der Waals surface area contributed by atoms with Crippen LogP contribution >= 0.6 is 11.3 Å². The molecule has 0 saturated carbocycles. The molecule has 4 rings (SSSR count). The third kappa shape index (κ3) is 2.76. The Hall–Kier alpha value is -2.40. The first-order valence-corrected chi connectivity index (χ1v) is 8.99. The number of para-hydroxylation sites is 1. The molecule has 1 fully saturated rings. The second kappa shape index (κ2) is 6.24. The summed E-state index contributed by atoms with van der Waals surface area (Å²) in [5.74, 6) is 0.981. The van der Waals surface area contributed by atoms with E-state index in [4.69, 9.17) is 4.74 Å². The van der Waals surface area contributed by atoms with E-state index in [0.29, 0.717) is 18.7 Å². The molecule has 0 unspecified atom stereocenters. The summed E-state index contributed by atoms with van der Waals surface area (Å²) in [5.41, 5.74) is 4.59. The molecule has 0 bridgehead atoms. The van der Waals surface area contributed by atoms with Crippen molar-refractivity contribution >= 4 is 27.5 Å². The van der Waals surface area contributed by atoms with Gasteiger partial charge in [0.1, 0.15) is 11.9 Å². The van der Waals surface area contributed by atoms with Crippen LogP contribution in [0.25, 0.3) is 10.2 Å². The molecule has 0 atom stereocenters. The van der Waals surface area contributed by atoms with Gasteiger partial charge in [0.05, 0.1) is 28.8 Å². The average Bonchev–Trinajstić information content (AvgIpc) is 3.05. The van der Waals surface area contributed by atoms with Crippen molar-refractivity contribution in [2.45, 2.75) is 19.4 Å². The van der Waals surface area contributed by atoms with E-state index in [2.05, 4.69) is 18.0 Å². The highest BCUT2D eigenvalue weighted by Gasteiger charge is 2.33. The van der Waals surface area contributed by atoms with Gasteiger partial charge in [-0.05, 0) is 36.2 Å². The summed E-state index contributed by atoms with van der Waals surface area (Å²) in [6.07, 6.45) is 1.02. The molecule has 5 heteroatoms. The molecule has 1 amide bonds. The summed E-state index contributed by atoms with van der Waals surface area (Å²) < 4.78 is 7.15. The van der Waals surface area contributed by atoms with E-state index in [1.54, 1.807) is 16.8 Å². The predicted octanol–water partition coefficient (Wildman–Crippen LogP) is 3.76. The van der Waals surface area contributed by atoms with Gasteiger partial charge in [-0.2, -0.15) is 0 Å². The molecule has 1 saturated heterocycles. The number of aryl methyl sites for hydroxylation is 1. The first kappa shape index (κ1) is 15.1. The topological polar surface area (TPSA) is 42.4 Å². The number of rotatable bonds is 4. The number of carbonyl (C=O) groups excluding carboxylic acids is 1. The molecule has 24 heavy (non-hydrogen) atoms. The molecule has 1 aliphatic rings. The maximum Gasteiger partial charge on any atom is 0.254 e. The molecule has 0 aliphatic carbocycles. The Balaban J connectivity index is 1.40. The van der Waals surface area contributed by atoms with Crippen molar-refractivity contribution in [3.63, 3.8) is 0 Å². The van der Waals surface area contributed by atoms with Crippen LogP contribution in [0.2, 0.25) is 0 Å². The van der Waals surface area contributed by atoms with Crippen LogP contribution in [0.3, 0.4) is 0 Å². The van der Waals surface area contributed by atoms with Crippen molar-refractivity contribution in [2.24, 2.45) is 0 Å². The highest BCUT2D eigenvalue weighted by molar-refractivity contribution is 7.16. The maximum atomic E-state index is 12.6. The van der Waals surface area contributed by atoms with Gasteiger partial charge in [-0.15, -0.1) is 11.3 Å². The molecule has 0 N–H and O–H groups in total. The van der Waals surface area contributed by atoms with E-state index < -0.39 is 0 Å². The smallest absolute Gasteiger partial charge is 0.254 e. The summed E-state index contributed by atoms with van der Waals surface area (Å²) in [5, 5.41) is 0. The van der Waals surface area contributed by atoms with Gasteiger partial charge < -0.3 is 9.64 Å². The zero-order chi connectivity index (χ0) is 16.5. The summed E-state index contributed by atoms with van der Waals surface area (Å²) in [4.78, 5) is 18.7. The van der Waals surface area contributed by atoms with Crippen LogP contribution in [0.15, 0.2) is 48.0 Å². The lowest BCUT2D eigenvalue weighted by atomic mass is 10.1. The SMILES string of the molecule is CCc1ccccc1OC1CN(C(=O)c2ccc3scnc3c2)C1. The van der Waals surface area contributed by atoms with Crippen molar-refractivity contribution in [3.05, 3.63) is 59.1 Å². The number of fused-ring (bicyclic) bond motifs is 1. The largest absolute Gasteiger partial charge is 0.486 e. The van der Waals surface area contributed by atoms with Gasteiger partial charge in [-0.1, -0.05) is 25.1 Å². The van der Waals surface area contributed by atoms with Crippen LogP contribution in [0.1, 0.15) is 22.8 Å². The number of hydrogen-bond donors (Lipinski definition) is 0. The van der Waals surface area contributed by atoms with Gasteiger partial charge >= 0.3 is 0 Å². The second-order valence-electron chi connectivity index (χ2n) is 5.95. The lowest BCUT2D eigenvalue weighted by Gasteiger charge is -2.39. The molecule has 4 nitrogen and oxygen atoms in total. The van der Waals surface area contributed by atoms with Crippen LogP contribution in [-0.4, -0.2) is 35.0 Å². The molecule has 0 spiro atoms. The molecule has 2 heterocycles. The van der Waals surface area contributed by atoms with Crippen molar-refractivity contribution in [1.29, 1.82) is 0 Å². The fourth-order valence-electron chi connectivity index (χ4n) is 2.94. The monoisotopic (exact) mass is 338 g/mol. The second-order valence-corrected chi connectivity index (χ2v) is 6.83. The maximum absolute atomic E-state index is 12.6. The Labute approximate surface area is 144 Å². The van der Waals surface area contributed by atoms with Crippen LogP contribution in [-0.2, 0) is 6.42 Å². The number of benzene rings is 2. The van der Waals surface area contributed by atoms with Crippen LogP contribution in [0.5, 0.6) is 5.75 Å². The number of likely N-dealkylation sites (tertiary alicyclic amines) is 1. The number of hydrogen-bond acceptors (Lipinski definition) is 4. The number of amides is 1. The van der Waals surface area contributed by atoms with Gasteiger partial charge in [0.2, 0.25) is 0 Å². The van der Waals surface area contributed by atoms with Gasteiger partial charge in [-0.25, -0.2) is 4.98 Å². The van der Waals surface area contributed by atoms with Crippen molar-refractivity contribution in [2.75, 3.05) is 13.1 Å². The number of aromatic nitrogens is 1. The minimum Gasteiger partial charge on any atom is -0.486 e. The average molecular weight is 338 g/mol. The van der Waals surface area contributed by atoms with E-state index in [-0.39, 0.29) is 12.0 Å². The Morgan fingerprint density at radius 3 is 2.96 bits per heavy atom. The normalized spacial score (nSPS) is 14.6. The number of nitrogens with zero attached hydrogens (tertiary/aromatic N) is 2. The van der Waals surface area contributed by atoms with Crippen LogP contribution in [0, 0.1) is 0 Å². The lowest BCUT2D eigenvalue weighted by Crippen LogP contribution is -2.56. The van der Waals surface area contributed by atoms with Crippen molar-refractivity contribution in [1.82, 2.24) is 9.88 Å². The summed E-state index contributed by atoms with van der Waals surface area (Å²) in [7, 11) is 0. The molecular weight excluding hydrogens is 320 g/mol. The molecular formula is C19H18N2O2S. The third-order valence-corrected chi connectivity index (χ3v) is 5.17. The van der Waals surface area contributed by atoms with E-state index in [1.807, 2.05) is 41.3 Å². The third-order valence-electron chi connectivity index (χ3n) is 4.36. The van der Waals surface area contributed by atoms with E-state index in [1.165, 1.54) is 5.56 Å². The minimum atomic E-state index is 0.0496. The molecule has 3 aromatic rings. The number of thiazole rings is 1. The zero-order valence-corrected chi connectivity index (χ0v) is 14.3. The standard InChI is InChI=1S/C19H18N2O2S/c1-2-13-5-3-4-6-17(13)23-15-10-21(11-15)19(22)14-7-8-18-16(9-14)20-12-24-18/h3-9,12,15H,2,10-11H2,1H3. The highest BCUT2D eigenvalue weighted by atomic mass is 32.1. The first-order valence-electron chi connectivity index (χ1n) is 8.11. The molecule has 1 aromatic heterocycles. The number of ether oxygens (including phenoxy) is 1. The lowest BCUT2D eigenvalue weighted by molar-refractivity contribution is 0.0175. The Kier molecular flexibility index (Phi) is 3.94. The van der Waals surface area contributed by atoms with E-state index >= 15 is 0 Å². The summed E-state index contributed by atoms with van der Waals surface area (Å²) >= 11 is 1.58.